The van der Waals surface area contributed by atoms with Crippen LogP contribution in [0.25, 0.3) is 5.82 Å². The molecule has 5 rings (SSSR count). The molecule has 0 radical (unpaired) electrons. The van der Waals surface area contributed by atoms with Crippen molar-refractivity contribution in [2.24, 2.45) is 5.41 Å². The van der Waals surface area contributed by atoms with Crippen molar-refractivity contribution < 1.29 is 9.18 Å². The Morgan fingerprint density at radius 1 is 1.20 bits per heavy atom. The fourth-order valence-electron chi connectivity index (χ4n) is 4.79. The topological polar surface area (TPSA) is 153 Å². The van der Waals surface area contributed by atoms with Crippen molar-refractivity contribution in [2.45, 2.75) is 46.1 Å². The van der Waals surface area contributed by atoms with Gasteiger partial charge in [0, 0.05) is 49.2 Å². The van der Waals surface area contributed by atoms with Crippen molar-refractivity contribution in [1.29, 1.82) is 5.26 Å². The Balaban J connectivity index is 1.24. The zero-order valence-electron chi connectivity index (χ0n) is 22.5. The zero-order valence-corrected chi connectivity index (χ0v) is 22.5. The maximum absolute atomic E-state index is 13.5. The second-order valence-electron chi connectivity index (χ2n) is 10.1. The average Bonchev–Trinajstić information content (AvgIpc) is 3.56. The third-order valence-electron chi connectivity index (χ3n) is 7.11. The first-order valence-corrected chi connectivity index (χ1v) is 13.0. The van der Waals surface area contributed by atoms with Gasteiger partial charge < -0.3 is 15.5 Å². The van der Waals surface area contributed by atoms with Crippen LogP contribution < -0.4 is 15.5 Å². The molecule has 1 amide bonds. The van der Waals surface area contributed by atoms with Gasteiger partial charge in [-0.15, -0.1) is 0 Å². The number of piperidine rings is 1. The lowest BCUT2D eigenvalue weighted by Gasteiger charge is -2.40. The average molecular weight is 544 g/mol. The summed E-state index contributed by atoms with van der Waals surface area (Å²) in [4.78, 5) is 29.2. The van der Waals surface area contributed by atoms with Crippen LogP contribution in [0.5, 0.6) is 0 Å². The summed E-state index contributed by atoms with van der Waals surface area (Å²) in [6.07, 6.45) is 5.07. The molecular formula is C27H30FN11O. The third kappa shape index (κ3) is 5.75. The van der Waals surface area contributed by atoms with E-state index in [1.54, 1.807) is 12.3 Å². The number of carbonyl (C=O) groups excluding carboxylic acids is 1. The van der Waals surface area contributed by atoms with E-state index >= 15 is 0 Å². The molecule has 5 heterocycles. The molecule has 4 aromatic heterocycles. The van der Waals surface area contributed by atoms with Crippen molar-refractivity contribution in [2.75, 3.05) is 23.3 Å². The molecule has 0 aromatic carbocycles. The first-order valence-electron chi connectivity index (χ1n) is 13.0. The van der Waals surface area contributed by atoms with Crippen LogP contribution in [0.4, 0.5) is 22.0 Å². The molecule has 0 saturated carbocycles. The molecule has 0 spiro atoms. The van der Waals surface area contributed by atoms with Crippen LogP contribution in [0, 0.1) is 36.4 Å². The minimum Gasteiger partial charge on any atom is -0.349 e. The van der Waals surface area contributed by atoms with Crippen LogP contribution in [0.3, 0.4) is 0 Å². The first kappa shape index (κ1) is 26.7. The SMILES string of the molecule is Cc1cc(Nc2cc(C)[nH]n2)nc(N2CCC(CC#N)(C(=O)N[C@@H](C)c3ccc(-n4cc(F)cn4)nc3)CC2)n1. The number of carbonyl (C=O) groups is 1. The predicted molar refractivity (Wildman–Crippen MR) is 145 cm³/mol. The zero-order chi connectivity index (χ0) is 28.3. The van der Waals surface area contributed by atoms with Gasteiger partial charge in [-0.1, -0.05) is 6.07 Å². The molecule has 12 nitrogen and oxygen atoms in total. The van der Waals surface area contributed by atoms with E-state index in [0.717, 1.165) is 23.1 Å². The molecular weight excluding hydrogens is 513 g/mol. The molecule has 1 saturated heterocycles. The number of anilines is 3. The summed E-state index contributed by atoms with van der Waals surface area (Å²) in [6.45, 7) is 6.76. The number of hydrogen-bond acceptors (Lipinski definition) is 9. The van der Waals surface area contributed by atoms with E-state index < -0.39 is 11.2 Å². The smallest absolute Gasteiger partial charge is 0.227 e. The normalized spacial score (nSPS) is 15.3. The number of halogens is 1. The number of amides is 1. The Morgan fingerprint density at radius 2 is 2.00 bits per heavy atom. The van der Waals surface area contributed by atoms with Gasteiger partial charge in [-0.2, -0.15) is 20.4 Å². The summed E-state index contributed by atoms with van der Waals surface area (Å²) in [5.41, 5.74) is 1.70. The van der Waals surface area contributed by atoms with E-state index in [0.29, 0.717) is 49.3 Å². The lowest BCUT2D eigenvalue weighted by molar-refractivity contribution is -0.132. The molecule has 1 atom stereocenters. The number of pyridine rings is 1. The highest BCUT2D eigenvalue weighted by molar-refractivity contribution is 5.83. The summed E-state index contributed by atoms with van der Waals surface area (Å²) in [6, 6.07) is 9.15. The summed E-state index contributed by atoms with van der Waals surface area (Å²) in [5, 5.41) is 26.9. The summed E-state index contributed by atoms with van der Waals surface area (Å²) in [5.74, 6) is 1.72. The summed E-state index contributed by atoms with van der Waals surface area (Å²) < 4.78 is 14.6. The Kier molecular flexibility index (Phi) is 7.41. The molecule has 1 aliphatic heterocycles. The molecule has 0 bridgehead atoms. The monoisotopic (exact) mass is 543 g/mol. The largest absolute Gasteiger partial charge is 0.349 e. The number of aromatic amines is 1. The highest BCUT2D eigenvalue weighted by atomic mass is 19.1. The van der Waals surface area contributed by atoms with E-state index in [-0.39, 0.29) is 18.4 Å². The second kappa shape index (κ2) is 11.1. The van der Waals surface area contributed by atoms with Crippen LogP contribution in [-0.4, -0.2) is 53.9 Å². The van der Waals surface area contributed by atoms with Crippen molar-refractivity contribution in [3.05, 3.63) is 65.6 Å². The standard InChI is InChI=1S/C27H30FN11O/c1-17-12-22(34-23-13-18(2)36-37-23)35-26(32-17)38-10-7-27(6-9-29,8-11-38)25(40)33-19(3)20-4-5-24(30-14-20)39-16-21(28)15-31-39/h4-5,12-16,19H,6-8,10-11H2,1-3H3,(H,33,40)(H2,32,34,35,36,37)/t19-/m0/s1. The van der Waals surface area contributed by atoms with E-state index in [1.807, 2.05) is 43.9 Å². The Bertz CT molecular complexity index is 1530. The lowest BCUT2D eigenvalue weighted by atomic mass is 9.75. The molecule has 40 heavy (non-hydrogen) atoms. The molecule has 1 aliphatic rings. The van der Waals surface area contributed by atoms with Crippen molar-refractivity contribution in [1.82, 2.24) is 40.2 Å². The van der Waals surface area contributed by atoms with E-state index in [1.165, 1.54) is 10.9 Å². The van der Waals surface area contributed by atoms with E-state index in [9.17, 15) is 14.4 Å². The number of hydrogen-bond donors (Lipinski definition) is 3. The number of nitrogens with one attached hydrogen (secondary N) is 3. The van der Waals surface area contributed by atoms with Crippen LogP contribution >= 0.6 is 0 Å². The van der Waals surface area contributed by atoms with Crippen molar-refractivity contribution >= 4 is 23.5 Å². The number of nitriles is 1. The molecule has 13 heteroatoms. The molecule has 1 fully saturated rings. The van der Waals surface area contributed by atoms with Gasteiger partial charge in [0.05, 0.1) is 29.9 Å². The summed E-state index contributed by atoms with van der Waals surface area (Å²) >= 11 is 0. The van der Waals surface area contributed by atoms with Gasteiger partial charge in [0.25, 0.3) is 0 Å². The first-order chi connectivity index (χ1) is 19.2. The Labute approximate surface area is 230 Å². The minimum absolute atomic E-state index is 0.113. The lowest BCUT2D eigenvalue weighted by Crippen LogP contribution is -2.49. The van der Waals surface area contributed by atoms with Gasteiger partial charge in [0.2, 0.25) is 11.9 Å². The number of rotatable bonds is 8. The van der Waals surface area contributed by atoms with Crippen molar-refractivity contribution in [3.63, 3.8) is 0 Å². The Morgan fingerprint density at radius 3 is 2.62 bits per heavy atom. The number of nitrogens with zero attached hydrogens (tertiary/aromatic N) is 8. The van der Waals surface area contributed by atoms with Crippen LogP contribution in [-0.2, 0) is 4.79 Å². The maximum Gasteiger partial charge on any atom is 0.227 e. The maximum atomic E-state index is 13.5. The fraction of sp³-hybridized carbons (Fsp3) is 0.370. The van der Waals surface area contributed by atoms with Crippen LogP contribution in [0.15, 0.2) is 42.9 Å². The quantitative estimate of drug-likeness (QED) is 0.302. The molecule has 4 aromatic rings. The van der Waals surface area contributed by atoms with E-state index in [2.05, 4.69) is 47.0 Å². The fourth-order valence-corrected chi connectivity index (χ4v) is 4.79. The number of aromatic nitrogens is 7. The molecule has 206 valence electrons. The van der Waals surface area contributed by atoms with Crippen LogP contribution in [0.1, 0.15) is 49.2 Å². The summed E-state index contributed by atoms with van der Waals surface area (Å²) in [7, 11) is 0. The molecule has 0 unspecified atom stereocenters. The predicted octanol–water partition coefficient (Wildman–Crippen LogP) is 3.66. The number of aryl methyl sites for hydroxylation is 2. The Hall–Kier alpha value is -4.86. The second-order valence-corrected chi connectivity index (χ2v) is 10.1. The van der Waals surface area contributed by atoms with Gasteiger partial charge in [0.1, 0.15) is 5.82 Å². The highest BCUT2D eigenvalue weighted by Gasteiger charge is 2.42. The third-order valence-corrected chi connectivity index (χ3v) is 7.11. The molecule has 0 aliphatic carbocycles. The van der Waals surface area contributed by atoms with Gasteiger partial charge in [0.15, 0.2) is 17.5 Å². The van der Waals surface area contributed by atoms with Gasteiger partial charge >= 0.3 is 0 Å². The van der Waals surface area contributed by atoms with Crippen molar-refractivity contribution in [3.8, 4) is 11.9 Å². The minimum atomic E-state index is -0.822. The molecule has 3 N–H and O–H groups in total. The van der Waals surface area contributed by atoms with Gasteiger partial charge in [-0.05, 0) is 45.2 Å². The van der Waals surface area contributed by atoms with Gasteiger partial charge in [-0.3, -0.25) is 9.89 Å². The van der Waals surface area contributed by atoms with Crippen LogP contribution in [0.2, 0.25) is 0 Å². The highest BCUT2D eigenvalue weighted by Crippen LogP contribution is 2.37. The van der Waals surface area contributed by atoms with Gasteiger partial charge in [-0.25, -0.2) is 19.0 Å². The van der Waals surface area contributed by atoms with E-state index in [4.69, 9.17) is 0 Å². The number of H-pyrrole nitrogens is 1.